The number of fused-ring (bicyclic) bond motifs is 2. The third-order valence-electron chi connectivity index (χ3n) is 6.39. The van der Waals surface area contributed by atoms with Crippen molar-refractivity contribution in [1.29, 1.82) is 0 Å². The summed E-state index contributed by atoms with van der Waals surface area (Å²) >= 11 is -0.638. The fourth-order valence-electron chi connectivity index (χ4n) is 4.22. The molecule has 32 heavy (non-hydrogen) atoms. The third-order valence-corrected chi connectivity index (χ3v) is 7.06. The number of hydrogen-bond donors (Lipinski definition) is 0. The topological polar surface area (TPSA) is 18.5 Å². The summed E-state index contributed by atoms with van der Waals surface area (Å²) in [5.41, 5.74) is 8.01. The van der Waals surface area contributed by atoms with Crippen molar-refractivity contribution >= 4 is 15.9 Å². The Morgan fingerprint density at radius 1 is 0.531 bits per heavy atom. The van der Waals surface area contributed by atoms with Crippen LogP contribution in [0.4, 0.5) is 0 Å². The summed E-state index contributed by atoms with van der Waals surface area (Å²) < 4.78 is 12.9. The Kier molecular flexibility index (Phi) is 6.38. The van der Waals surface area contributed by atoms with Crippen LogP contribution in [0.5, 0.6) is 11.5 Å². The molecule has 1 heterocycles. The first-order valence-corrected chi connectivity index (χ1v) is 12.8. The summed E-state index contributed by atoms with van der Waals surface area (Å²) in [5, 5.41) is 0. The van der Waals surface area contributed by atoms with E-state index in [1.165, 1.54) is 33.4 Å². The summed E-state index contributed by atoms with van der Waals surface area (Å²) in [6.07, 6.45) is 0.824. The Morgan fingerprint density at radius 3 is 1.16 bits per heavy atom. The van der Waals surface area contributed by atoms with Gasteiger partial charge in [-0.1, -0.05) is 0 Å². The van der Waals surface area contributed by atoms with Crippen LogP contribution >= 0.6 is 0 Å². The van der Waals surface area contributed by atoms with E-state index in [2.05, 4.69) is 107 Å². The van der Waals surface area contributed by atoms with Gasteiger partial charge in [-0.25, -0.2) is 0 Å². The molecule has 3 rings (SSSR count). The van der Waals surface area contributed by atoms with E-state index in [-0.39, 0.29) is 21.7 Å². The summed E-state index contributed by atoms with van der Waals surface area (Å²) in [5.74, 6) is 2.06. The van der Waals surface area contributed by atoms with Crippen molar-refractivity contribution in [1.82, 2.24) is 0 Å². The quantitative estimate of drug-likeness (QED) is 0.382. The molecule has 2 aromatic carbocycles. The van der Waals surface area contributed by atoms with E-state index in [9.17, 15) is 0 Å². The van der Waals surface area contributed by atoms with Gasteiger partial charge in [0.15, 0.2) is 0 Å². The Balaban J connectivity index is 2.31. The molecule has 0 bridgehead atoms. The van der Waals surface area contributed by atoms with Crippen molar-refractivity contribution in [2.24, 2.45) is 0 Å². The number of hydrogen-bond acceptors (Lipinski definition) is 2. The van der Waals surface area contributed by atoms with Gasteiger partial charge in [0, 0.05) is 0 Å². The second-order valence-electron chi connectivity index (χ2n) is 13.5. The molecule has 0 amide bonds. The average molecular weight is 450 g/mol. The molecule has 0 spiro atoms. The molecule has 3 heteroatoms. The van der Waals surface area contributed by atoms with Gasteiger partial charge in [0.25, 0.3) is 0 Å². The van der Waals surface area contributed by atoms with Gasteiger partial charge in [-0.3, -0.25) is 0 Å². The van der Waals surface area contributed by atoms with E-state index < -0.39 is 15.9 Å². The molecule has 0 saturated carbocycles. The van der Waals surface area contributed by atoms with Crippen molar-refractivity contribution in [2.45, 2.75) is 111 Å². The molecular weight excluding hydrogens is 407 g/mol. The minimum atomic E-state index is -0.638. The monoisotopic (exact) mass is 449 g/mol. The van der Waals surface area contributed by atoms with Crippen LogP contribution in [0.3, 0.4) is 0 Å². The fourth-order valence-corrected chi connectivity index (χ4v) is 5.02. The Bertz CT molecular complexity index is 924. The van der Waals surface area contributed by atoms with Crippen LogP contribution in [-0.4, -0.2) is 15.9 Å². The zero-order valence-corrected chi connectivity index (χ0v) is 23.6. The second kappa shape index (κ2) is 8.11. The molecule has 2 nitrogen and oxygen atoms in total. The summed E-state index contributed by atoms with van der Waals surface area (Å²) in [6, 6.07) is 9.46. The van der Waals surface area contributed by atoms with E-state index >= 15 is 0 Å². The molecule has 2 aromatic rings. The standard InChI is InChI=1S/C29H44O2.Al/c1-26(2,3)20-14-18(24(30)22(16-20)28(7,8)9)13-19-15-21(27(4,5)6)17-23(25(19)31)29(10,11)12;/h14-17,30-31H,13H2,1-12H3;/q;+3/p-2. The predicted molar refractivity (Wildman–Crippen MR) is 137 cm³/mol. The van der Waals surface area contributed by atoms with E-state index in [1.807, 2.05) is 0 Å². The Labute approximate surface area is 203 Å². The van der Waals surface area contributed by atoms with E-state index in [4.69, 9.17) is 7.58 Å². The van der Waals surface area contributed by atoms with Crippen LogP contribution in [0.15, 0.2) is 24.3 Å². The van der Waals surface area contributed by atoms with Gasteiger partial charge in [-0.15, -0.1) is 0 Å². The van der Waals surface area contributed by atoms with Gasteiger partial charge in [0.2, 0.25) is 0 Å². The maximum absolute atomic E-state index is 6.44. The first-order chi connectivity index (χ1) is 14.4. The molecule has 1 aliphatic heterocycles. The molecule has 0 saturated heterocycles. The van der Waals surface area contributed by atoms with E-state index in [1.54, 1.807) is 0 Å². The van der Waals surface area contributed by atoms with Crippen molar-refractivity contribution < 1.29 is 7.58 Å². The summed E-state index contributed by atoms with van der Waals surface area (Å²) in [4.78, 5) is 0. The van der Waals surface area contributed by atoms with Crippen molar-refractivity contribution in [3.8, 4) is 11.5 Å². The molecule has 0 aromatic heterocycles. The molecule has 0 aliphatic carbocycles. The minimum absolute atomic E-state index is 0.00333. The van der Waals surface area contributed by atoms with Gasteiger partial charge in [-0.2, -0.15) is 0 Å². The van der Waals surface area contributed by atoms with Gasteiger partial charge >= 0.3 is 204 Å². The van der Waals surface area contributed by atoms with E-state index in [0.29, 0.717) is 0 Å². The second-order valence-corrected chi connectivity index (χ2v) is 14.2. The van der Waals surface area contributed by atoms with Crippen LogP contribution in [0.1, 0.15) is 116 Å². The van der Waals surface area contributed by atoms with E-state index in [0.717, 1.165) is 17.9 Å². The predicted octanol–water partition coefficient (Wildman–Crippen LogP) is 7.77. The molecule has 0 fully saturated rings. The molecular formula is C29H42AlO2+. The Hall–Kier alpha value is -1.43. The zero-order chi connectivity index (χ0) is 24.3. The van der Waals surface area contributed by atoms with Crippen molar-refractivity contribution in [2.75, 3.05) is 0 Å². The Morgan fingerprint density at radius 2 is 0.875 bits per heavy atom. The van der Waals surface area contributed by atoms with Crippen LogP contribution in [-0.2, 0) is 28.1 Å². The molecule has 0 unspecified atom stereocenters. The van der Waals surface area contributed by atoms with Crippen LogP contribution in [0.25, 0.3) is 0 Å². The van der Waals surface area contributed by atoms with Gasteiger partial charge in [0.1, 0.15) is 0 Å². The van der Waals surface area contributed by atoms with Crippen LogP contribution in [0, 0.1) is 0 Å². The van der Waals surface area contributed by atoms with Crippen LogP contribution in [0.2, 0.25) is 0 Å². The maximum atomic E-state index is 6.44. The summed E-state index contributed by atoms with van der Waals surface area (Å²) in [6.45, 7) is 27.4. The molecule has 0 radical (unpaired) electrons. The molecule has 1 aliphatic rings. The number of benzene rings is 2. The van der Waals surface area contributed by atoms with Crippen molar-refractivity contribution in [3.05, 3.63) is 57.6 Å². The normalized spacial score (nSPS) is 14.6. The first kappa shape index (κ1) is 25.2. The molecule has 0 N–H and O–H groups in total. The average Bonchev–Trinajstić information content (AvgIpc) is 2.57. The number of rotatable bonds is 0. The SMILES string of the molecule is CC(C)(C)c1cc2c(c(C(C)(C)C)c1)[O][Al+][O]c1c(cc(C(C)(C)C)cc1C(C)(C)C)C2. The zero-order valence-electron chi connectivity index (χ0n) is 22.4. The van der Waals surface area contributed by atoms with Gasteiger partial charge in [0.05, 0.1) is 0 Å². The van der Waals surface area contributed by atoms with Crippen LogP contribution < -0.4 is 7.58 Å². The van der Waals surface area contributed by atoms with Gasteiger partial charge < -0.3 is 0 Å². The van der Waals surface area contributed by atoms with Gasteiger partial charge in [-0.05, 0) is 0 Å². The summed E-state index contributed by atoms with van der Waals surface area (Å²) in [7, 11) is 0. The van der Waals surface area contributed by atoms with Crippen molar-refractivity contribution in [3.63, 3.8) is 0 Å². The first-order valence-electron chi connectivity index (χ1n) is 11.9. The molecule has 172 valence electrons. The third kappa shape index (κ3) is 5.21. The molecule has 0 atom stereocenters. The fraction of sp³-hybridized carbons (Fsp3) is 0.586.